The van der Waals surface area contributed by atoms with Crippen LogP contribution in [-0.2, 0) is 20.7 Å². The van der Waals surface area contributed by atoms with Crippen LogP contribution < -0.4 is 10.6 Å². The monoisotopic (exact) mass is 400 g/mol. The van der Waals surface area contributed by atoms with Crippen LogP contribution in [-0.4, -0.2) is 30.9 Å². The molecular formula is C22H28N2O5. The fourth-order valence-electron chi connectivity index (χ4n) is 2.77. The van der Waals surface area contributed by atoms with E-state index in [9.17, 15) is 14.4 Å². The van der Waals surface area contributed by atoms with Crippen molar-refractivity contribution in [3.8, 4) is 0 Å². The standard InChI is InChI=1S/C22H28N2O5/c1-15(2)13-17-6-8-18(9-7-17)16(3)24-20(25)14-29-21(26)10-11-23-22(27)19-5-4-12-28-19/h4-9,12,15-16H,10-11,13-14H2,1-3H3,(H,23,27)(H,24,25)/t16-/m0/s1. The molecule has 0 aliphatic heterocycles. The second-order valence-corrected chi connectivity index (χ2v) is 7.27. The molecule has 29 heavy (non-hydrogen) atoms. The van der Waals surface area contributed by atoms with E-state index in [2.05, 4.69) is 36.6 Å². The van der Waals surface area contributed by atoms with Gasteiger partial charge in [0, 0.05) is 6.54 Å². The molecule has 2 amide bonds. The summed E-state index contributed by atoms with van der Waals surface area (Å²) in [4.78, 5) is 35.4. The summed E-state index contributed by atoms with van der Waals surface area (Å²) in [5.74, 6) is -0.591. The lowest BCUT2D eigenvalue weighted by Gasteiger charge is -2.15. The van der Waals surface area contributed by atoms with E-state index in [1.54, 1.807) is 6.07 Å². The maximum absolute atomic E-state index is 12.0. The Balaban J connectivity index is 1.66. The fraction of sp³-hybridized carbons (Fsp3) is 0.409. The van der Waals surface area contributed by atoms with E-state index in [-0.39, 0.29) is 37.3 Å². The molecule has 0 unspecified atom stereocenters. The number of rotatable bonds is 10. The first-order chi connectivity index (χ1) is 13.8. The summed E-state index contributed by atoms with van der Waals surface area (Å²) in [5.41, 5.74) is 2.24. The van der Waals surface area contributed by atoms with Crippen LogP contribution >= 0.6 is 0 Å². The first-order valence-electron chi connectivity index (χ1n) is 9.70. The summed E-state index contributed by atoms with van der Waals surface area (Å²) in [6.45, 7) is 5.96. The van der Waals surface area contributed by atoms with Crippen molar-refractivity contribution < 1.29 is 23.5 Å². The van der Waals surface area contributed by atoms with Gasteiger partial charge in [-0.2, -0.15) is 0 Å². The zero-order valence-electron chi connectivity index (χ0n) is 17.1. The highest BCUT2D eigenvalue weighted by Crippen LogP contribution is 2.15. The minimum absolute atomic E-state index is 0.0351. The van der Waals surface area contributed by atoms with Crippen LogP contribution in [0.3, 0.4) is 0 Å². The molecule has 0 fully saturated rings. The highest BCUT2D eigenvalue weighted by Gasteiger charge is 2.13. The van der Waals surface area contributed by atoms with Gasteiger partial charge in [-0.1, -0.05) is 38.1 Å². The number of hydrogen-bond donors (Lipinski definition) is 2. The van der Waals surface area contributed by atoms with Crippen LogP contribution in [0.15, 0.2) is 47.1 Å². The number of ether oxygens (including phenoxy) is 1. The molecule has 7 heteroatoms. The number of esters is 1. The second kappa shape index (κ2) is 11.0. The quantitative estimate of drug-likeness (QED) is 0.598. The van der Waals surface area contributed by atoms with Gasteiger partial charge in [0.05, 0.1) is 18.7 Å². The van der Waals surface area contributed by atoms with Gasteiger partial charge in [0.25, 0.3) is 11.8 Å². The second-order valence-electron chi connectivity index (χ2n) is 7.27. The van der Waals surface area contributed by atoms with E-state index in [4.69, 9.17) is 9.15 Å². The van der Waals surface area contributed by atoms with Crippen LogP contribution in [0.2, 0.25) is 0 Å². The third kappa shape index (κ3) is 7.81. The Labute approximate surface area is 170 Å². The summed E-state index contributed by atoms with van der Waals surface area (Å²) in [7, 11) is 0. The van der Waals surface area contributed by atoms with E-state index >= 15 is 0 Å². The Morgan fingerprint density at radius 3 is 2.41 bits per heavy atom. The molecule has 0 saturated carbocycles. The van der Waals surface area contributed by atoms with Crippen molar-refractivity contribution in [3.63, 3.8) is 0 Å². The van der Waals surface area contributed by atoms with Gasteiger partial charge in [-0.05, 0) is 42.5 Å². The number of carbonyl (C=O) groups excluding carboxylic acids is 3. The number of amides is 2. The van der Waals surface area contributed by atoms with Gasteiger partial charge < -0.3 is 19.8 Å². The van der Waals surface area contributed by atoms with Crippen LogP contribution in [0.1, 0.15) is 54.9 Å². The van der Waals surface area contributed by atoms with Gasteiger partial charge in [-0.15, -0.1) is 0 Å². The summed E-state index contributed by atoms with van der Waals surface area (Å²) < 4.78 is 9.90. The van der Waals surface area contributed by atoms with E-state index in [0.717, 1.165) is 12.0 Å². The van der Waals surface area contributed by atoms with Crippen LogP contribution in [0.5, 0.6) is 0 Å². The van der Waals surface area contributed by atoms with Crippen molar-refractivity contribution in [3.05, 3.63) is 59.5 Å². The predicted molar refractivity (Wildman–Crippen MR) is 108 cm³/mol. The molecule has 0 saturated heterocycles. The molecule has 1 atom stereocenters. The number of nitrogens with one attached hydrogen (secondary N) is 2. The van der Waals surface area contributed by atoms with Crippen molar-refractivity contribution in [2.75, 3.05) is 13.2 Å². The third-order valence-corrected chi connectivity index (χ3v) is 4.23. The predicted octanol–water partition coefficient (Wildman–Crippen LogP) is 3.02. The lowest BCUT2D eigenvalue weighted by molar-refractivity contribution is -0.148. The smallest absolute Gasteiger partial charge is 0.308 e. The average molecular weight is 400 g/mol. The van der Waals surface area contributed by atoms with E-state index < -0.39 is 11.9 Å². The van der Waals surface area contributed by atoms with Crippen molar-refractivity contribution >= 4 is 17.8 Å². The molecule has 1 heterocycles. The molecule has 2 N–H and O–H groups in total. The maximum atomic E-state index is 12.0. The van der Waals surface area contributed by atoms with Crippen LogP contribution in [0, 0.1) is 5.92 Å². The summed E-state index contributed by atoms with van der Waals surface area (Å²) in [6, 6.07) is 11.1. The molecule has 0 spiro atoms. The largest absolute Gasteiger partial charge is 0.459 e. The highest BCUT2D eigenvalue weighted by molar-refractivity contribution is 5.91. The minimum atomic E-state index is -0.564. The number of furan rings is 1. The Bertz CT molecular complexity index is 797. The summed E-state index contributed by atoms with van der Waals surface area (Å²) in [5, 5.41) is 5.35. The topological polar surface area (TPSA) is 97.6 Å². The molecular weight excluding hydrogens is 372 g/mol. The Morgan fingerprint density at radius 2 is 1.79 bits per heavy atom. The summed E-state index contributed by atoms with van der Waals surface area (Å²) >= 11 is 0. The average Bonchev–Trinajstić information content (AvgIpc) is 3.21. The van der Waals surface area contributed by atoms with Gasteiger partial charge in [-0.25, -0.2) is 0 Å². The fourth-order valence-corrected chi connectivity index (χ4v) is 2.77. The number of benzene rings is 1. The molecule has 1 aromatic heterocycles. The normalized spacial score (nSPS) is 11.7. The molecule has 156 valence electrons. The molecule has 2 aromatic rings. The third-order valence-electron chi connectivity index (χ3n) is 4.23. The van der Waals surface area contributed by atoms with Crippen molar-refractivity contribution in [2.24, 2.45) is 5.92 Å². The van der Waals surface area contributed by atoms with Gasteiger partial charge in [0.1, 0.15) is 0 Å². The Morgan fingerprint density at radius 1 is 1.07 bits per heavy atom. The molecule has 7 nitrogen and oxygen atoms in total. The number of hydrogen-bond acceptors (Lipinski definition) is 5. The first kappa shape index (κ1) is 22.2. The van der Waals surface area contributed by atoms with Gasteiger partial charge >= 0.3 is 5.97 Å². The van der Waals surface area contributed by atoms with E-state index in [0.29, 0.717) is 5.92 Å². The molecule has 0 aliphatic rings. The van der Waals surface area contributed by atoms with Crippen molar-refractivity contribution in [1.82, 2.24) is 10.6 Å². The maximum Gasteiger partial charge on any atom is 0.308 e. The van der Waals surface area contributed by atoms with Gasteiger partial charge in [0.15, 0.2) is 12.4 Å². The SMILES string of the molecule is CC(C)Cc1ccc([C@H](C)NC(=O)COC(=O)CCNC(=O)c2ccco2)cc1. The summed E-state index contributed by atoms with van der Waals surface area (Å²) in [6.07, 6.45) is 2.37. The van der Waals surface area contributed by atoms with Crippen LogP contribution in [0.4, 0.5) is 0 Å². The Hall–Kier alpha value is -3.09. The molecule has 0 radical (unpaired) electrons. The lowest BCUT2D eigenvalue weighted by Crippen LogP contribution is -2.32. The molecule has 0 aliphatic carbocycles. The van der Waals surface area contributed by atoms with E-state index in [1.165, 1.54) is 17.9 Å². The van der Waals surface area contributed by atoms with Gasteiger partial charge in [-0.3, -0.25) is 14.4 Å². The minimum Gasteiger partial charge on any atom is -0.459 e. The first-order valence-corrected chi connectivity index (χ1v) is 9.70. The molecule has 0 bridgehead atoms. The highest BCUT2D eigenvalue weighted by atomic mass is 16.5. The van der Waals surface area contributed by atoms with E-state index in [1.807, 2.05) is 19.1 Å². The zero-order valence-corrected chi connectivity index (χ0v) is 17.1. The van der Waals surface area contributed by atoms with Crippen molar-refractivity contribution in [1.29, 1.82) is 0 Å². The van der Waals surface area contributed by atoms with Crippen molar-refractivity contribution in [2.45, 2.75) is 39.7 Å². The molecule has 1 aromatic carbocycles. The Kier molecular flexibility index (Phi) is 8.45. The molecule has 2 rings (SSSR count). The van der Waals surface area contributed by atoms with Crippen LogP contribution in [0.25, 0.3) is 0 Å². The number of carbonyl (C=O) groups is 3. The zero-order chi connectivity index (χ0) is 21.2. The van der Waals surface area contributed by atoms with Gasteiger partial charge in [0.2, 0.25) is 0 Å². The lowest BCUT2D eigenvalue weighted by atomic mass is 10.00.